The first-order valence-electron chi connectivity index (χ1n) is 5.28. The molecule has 0 saturated carbocycles. The van der Waals surface area contributed by atoms with Crippen LogP contribution in [0.3, 0.4) is 0 Å². The summed E-state index contributed by atoms with van der Waals surface area (Å²) < 4.78 is 1.12. The van der Waals surface area contributed by atoms with Gasteiger partial charge in [0.1, 0.15) is 0 Å². The van der Waals surface area contributed by atoms with Crippen LogP contribution in [0.15, 0.2) is 45.3 Å². The third kappa shape index (κ3) is 3.41. The molecule has 1 heterocycles. The lowest BCUT2D eigenvalue weighted by Crippen LogP contribution is -1.97. The van der Waals surface area contributed by atoms with E-state index >= 15 is 0 Å². The van der Waals surface area contributed by atoms with E-state index in [4.69, 9.17) is 0 Å². The molecule has 0 aliphatic carbocycles. The van der Waals surface area contributed by atoms with Crippen molar-refractivity contribution in [2.24, 2.45) is 5.10 Å². The van der Waals surface area contributed by atoms with E-state index in [0.29, 0.717) is 0 Å². The van der Waals surface area contributed by atoms with Crippen LogP contribution in [0, 0.1) is 6.92 Å². The van der Waals surface area contributed by atoms with Gasteiger partial charge in [0.25, 0.3) is 0 Å². The quantitative estimate of drug-likeness (QED) is 0.647. The van der Waals surface area contributed by atoms with Gasteiger partial charge in [-0.15, -0.1) is 11.3 Å². The van der Waals surface area contributed by atoms with E-state index in [9.17, 15) is 0 Å². The molecule has 0 unspecified atom stereocenters. The Morgan fingerprint density at radius 3 is 2.47 bits per heavy atom. The summed E-state index contributed by atoms with van der Waals surface area (Å²) in [6, 6.07) is 12.3. The number of halogens is 1. The molecule has 2 aromatic rings. The van der Waals surface area contributed by atoms with Crippen LogP contribution in [0.5, 0.6) is 0 Å². The van der Waals surface area contributed by atoms with Crippen molar-refractivity contribution in [3.05, 3.63) is 50.6 Å². The molecular formula is C13H13BrN2S. The molecular weight excluding hydrogens is 296 g/mol. The van der Waals surface area contributed by atoms with E-state index in [1.54, 1.807) is 11.3 Å². The molecule has 88 valence electrons. The Kier molecular flexibility index (Phi) is 3.97. The minimum Gasteiger partial charge on any atom is -0.278 e. The molecule has 0 amide bonds. The predicted molar refractivity (Wildman–Crippen MR) is 79.0 cm³/mol. The van der Waals surface area contributed by atoms with Crippen LogP contribution in [-0.4, -0.2) is 5.71 Å². The zero-order chi connectivity index (χ0) is 12.3. The Labute approximate surface area is 114 Å². The second-order valence-corrected chi connectivity index (χ2v) is 6.24. The first-order valence-corrected chi connectivity index (χ1v) is 6.89. The number of nitrogens with zero attached hydrogens (tertiary/aromatic N) is 1. The van der Waals surface area contributed by atoms with Crippen molar-refractivity contribution >= 4 is 38.7 Å². The number of aryl methyl sites for hydroxylation is 1. The normalized spacial score (nSPS) is 11.6. The summed E-state index contributed by atoms with van der Waals surface area (Å²) >= 11 is 5.13. The van der Waals surface area contributed by atoms with Crippen LogP contribution in [0.1, 0.15) is 17.4 Å². The van der Waals surface area contributed by atoms with Crippen LogP contribution in [-0.2, 0) is 0 Å². The third-order valence-electron chi connectivity index (χ3n) is 2.33. The highest BCUT2D eigenvalue weighted by Crippen LogP contribution is 2.22. The number of nitrogens with one attached hydrogen (secondary N) is 1. The van der Waals surface area contributed by atoms with Gasteiger partial charge in [0.15, 0.2) is 0 Å². The topological polar surface area (TPSA) is 24.4 Å². The van der Waals surface area contributed by atoms with Crippen LogP contribution < -0.4 is 5.43 Å². The summed E-state index contributed by atoms with van der Waals surface area (Å²) in [4.78, 5) is 1.16. The van der Waals surface area contributed by atoms with Gasteiger partial charge < -0.3 is 0 Å². The predicted octanol–water partition coefficient (Wildman–Crippen LogP) is 4.66. The van der Waals surface area contributed by atoms with E-state index in [2.05, 4.69) is 51.6 Å². The Hall–Kier alpha value is -1.13. The van der Waals surface area contributed by atoms with Gasteiger partial charge >= 0.3 is 0 Å². The lowest BCUT2D eigenvalue weighted by atomic mass is 10.2. The highest BCUT2D eigenvalue weighted by Gasteiger charge is 2.00. The van der Waals surface area contributed by atoms with Crippen molar-refractivity contribution < 1.29 is 0 Å². The van der Waals surface area contributed by atoms with Crippen molar-refractivity contribution in [2.75, 3.05) is 5.43 Å². The van der Waals surface area contributed by atoms with Gasteiger partial charge in [-0.05, 0) is 54.0 Å². The summed E-state index contributed by atoms with van der Waals surface area (Å²) in [5.41, 5.74) is 6.30. The van der Waals surface area contributed by atoms with Gasteiger partial charge in [-0.3, -0.25) is 5.43 Å². The molecule has 1 N–H and O–H groups in total. The number of rotatable bonds is 3. The average molecular weight is 309 g/mol. The fraction of sp³-hybridized carbons (Fsp3) is 0.154. The molecule has 2 rings (SSSR count). The van der Waals surface area contributed by atoms with E-state index in [0.717, 1.165) is 20.1 Å². The summed E-state index contributed by atoms with van der Waals surface area (Å²) in [6.07, 6.45) is 0. The molecule has 4 heteroatoms. The van der Waals surface area contributed by atoms with Gasteiger partial charge in [0, 0.05) is 0 Å². The molecule has 2 nitrogen and oxygen atoms in total. The van der Waals surface area contributed by atoms with Gasteiger partial charge in [-0.25, -0.2) is 0 Å². The zero-order valence-electron chi connectivity index (χ0n) is 9.70. The maximum absolute atomic E-state index is 4.36. The van der Waals surface area contributed by atoms with Crippen molar-refractivity contribution in [1.82, 2.24) is 0 Å². The van der Waals surface area contributed by atoms with E-state index in [1.165, 1.54) is 5.56 Å². The lowest BCUT2D eigenvalue weighted by Gasteiger charge is -2.02. The monoisotopic (exact) mass is 308 g/mol. The van der Waals surface area contributed by atoms with E-state index in [1.807, 2.05) is 25.1 Å². The van der Waals surface area contributed by atoms with Crippen molar-refractivity contribution in [2.45, 2.75) is 13.8 Å². The maximum atomic E-state index is 4.36. The highest BCUT2D eigenvalue weighted by molar-refractivity contribution is 9.11. The smallest absolute Gasteiger partial charge is 0.0748 e. The first kappa shape index (κ1) is 12.3. The van der Waals surface area contributed by atoms with E-state index in [-0.39, 0.29) is 0 Å². The first-order chi connectivity index (χ1) is 8.15. The highest BCUT2D eigenvalue weighted by atomic mass is 79.9. The molecule has 0 bridgehead atoms. The van der Waals surface area contributed by atoms with Crippen LogP contribution in [0.2, 0.25) is 0 Å². The fourth-order valence-electron chi connectivity index (χ4n) is 1.34. The second kappa shape index (κ2) is 5.47. The summed E-state index contributed by atoms with van der Waals surface area (Å²) in [5, 5.41) is 4.36. The van der Waals surface area contributed by atoms with Crippen molar-refractivity contribution in [1.29, 1.82) is 0 Å². The van der Waals surface area contributed by atoms with Crippen LogP contribution in [0.25, 0.3) is 0 Å². The van der Waals surface area contributed by atoms with Crippen molar-refractivity contribution in [3.8, 4) is 0 Å². The number of anilines is 1. The minimum atomic E-state index is 0.987. The Balaban J connectivity index is 2.08. The summed E-state index contributed by atoms with van der Waals surface area (Å²) in [5.74, 6) is 0. The SMILES string of the molecule is C/C(=N/Nc1ccc(C)cc1)c1ccc(Br)s1. The van der Waals surface area contributed by atoms with Gasteiger partial charge in [-0.2, -0.15) is 5.10 Å². The maximum Gasteiger partial charge on any atom is 0.0748 e. The molecule has 1 aromatic heterocycles. The Morgan fingerprint density at radius 1 is 1.18 bits per heavy atom. The molecule has 0 aliphatic rings. The Morgan fingerprint density at radius 2 is 1.88 bits per heavy atom. The minimum absolute atomic E-state index is 0.987. The summed E-state index contributed by atoms with van der Waals surface area (Å²) in [6.45, 7) is 4.07. The molecule has 1 aromatic carbocycles. The van der Waals surface area contributed by atoms with Crippen LogP contribution in [0.4, 0.5) is 5.69 Å². The van der Waals surface area contributed by atoms with Gasteiger partial charge in [0.2, 0.25) is 0 Å². The van der Waals surface area contributed by atoms with Gasteiger partial charge in [-0.1, -0.05) is 17.7 Å². The molecule has 0 radical (unpaired) electrons. The Bertz CT molecular complexity index is 529. The largest absolute Gasteiger partial charge is 0.278 e. The number of thiophene rings is 1. The fourth-order valence-corrected chi connectivity index (χ4v) is 2.67. The third-order valence-corrected chi connectivity index (χ3v) is 4.07. The number of hydrazone groups is 1. The van der Waals surface area contributed by atoms with Crippen molar-refractivity contribution in [3.63, 3.8) is 0 Å². The van der Waals surface area contributed by atoms with Gasteiger partial charge in [0.05, 0.1) is 20.1 Å². The standard InChI is InChI=1S/C13H13BrN2S/c1-9-3-5-11(6-4-9)16-15-10(2)12-7-8-13(14)17-12/h3-8,16H,1-2H3/b15-10-. The molecule has 0 spiro atoms. The molecule has 0 aliphatic heterocycles. The lowest BCUT2D eigenvalue weighted by molar-refractivity contribution is 1.32. The molecule has 17 heavy (non-hydrogen) atoms. The van der Waals surface area contributed by atoms with Crippen LogP contribution >= 0.6 is 27.3 Å². The number of hydrogen-bond acceptors (Lipinski definition) is 3. The molecule has 0 fully saturated rings. The van der Waals surface area contributed by atoms with E-state index < -0.39 is 0 Å². The summed E-state index contributed by atoms with van der Waals surface area (Å²) in [7, 11) is 0. The molecule has 0 saturated heterocycles. The number of hydrogen-bond donors (Lipinski definition) is 1. The zero-order valence-corrected chi connectivity index (χ0v) is 12.1. The second-order valence-electron chi connectivity index (χ2n) is 3.78. The number of benzene rings is 1. The molecule has 0 atom stereocenters. The average Bonchev–Trinajstić information content (AvgIpc) is 2.75.